The molecule has 2 atom stereocenters. The largest absolute Gasteiger partial charge is 0.512 e. The first-order chi connectivity index (χ1) is 12.7. The molecule has 3 N–H and O–H groups in total. The molecule has 0 bridgehead atoms. The number of nitriles is 1. The van der Waals surface area contributed by atoms with Gasteiger partial charge in [-0.1, -0.05) is 18.2 Å². The molecule has 1 aliphatic heterocycles. The number of fused-ring (bicyclic) bond motifs is 1. The standard InChI is InChI=1S/C18H19N3O4S2/c1-18-15(9-13(22)10-16(18)26-7-8-27(23,24)25)14(11-19)17(20)21(18)12-5-3-2-4-6-12/h2-6,9,16,20,22H,7-8,10H2,1H3,(H,23,24,25)/t16-,18+/m1/s1. The summed E-state index contributed by atoms with van der Waals surface area (Å²) in [4.78, 5) is 1.76. The molecule has 3 rings (SSSR count). The summed E-state index contributed by atoms with van der Waals surface area (Å²) >= 11 is 1.29. The van der Waals surface area contributed by atoms with Crippen LogP contribution in [-0.2, 0) is 10.1 Å². The Hall–Kier alpha value is -2.28. The fourth-order valence-corrected chi connectivity index (χ4v) is 5.96. The van der Waals surface area contributed by atoms with Gasteiger partial charge < -0.3 is 10.0 Å². The van der Waals surface area contributed by atoms with Crippen molar-refractivity contribution in [3.8, 4) is 6.07 Å². The van der Waals surface area contributed by atoms with Gasteiger partial charge in [-0.15, -0.1) is 0 Å². The van der Waals surface area contributed by atoms with E-state index < -0.39 is 21.4 Å². The zero-order valence-electron chi connectivity index (χ0n) is 14.6. The average molecular weight is 406 g/mol. The Labute approximate surface area is 162 Å². The molecule has 7 nitrogen and oxygen atoms in total. The lowest BCUT2D eigenvalue weighted by Gasteiger charge is -2.45. The smallest absolute Gasteiger partial charge is 0.265 e. The minimum absolute atomic E-state index is 0.0486. The third-order valence-corrected chi connectivity index (χ3v) is 7.30. The predicted molar refractivity (Wildman–Crippen MR) is 106 cm³/mol. The van der Waals surface area contributed by atoms with Gasteiger partial charge in [0, 0.05) is 28.7 Å². The van der Waals surface area contributed by atoms with Gasteiger partial charge in [-0.2, -0.15) is 25.4 Å². The van der Waals surface area contributed by atoms with Crippen LogP contribution in [0.15, 0.2) is 53.3 Å². The van der Waals surface area contributed by atoms with Gasteiger partial charge in [0.1, 0.15) is 17.5 Å². The molecule has 27 heavy (non-hydrogen) atoms. The van der Waals surface area contributed by atoms with Crippen LogP contribution in [0.4, 0.5) is 5.69 Å². The van der Waals surface area contributed by atoms with Crippen LogP contribution in [0.25, 0.3) is 0 Å². The summed E-state index contributed by atoms with van der Waals surface area (Å²) in [6.45, 7) is 1.89. The molecular weight excluding hydrogens is 386 g/mol. The molecule has 0 radical (unpaired) electrons. The van der Waals surface area contributed by atoms with Crippen LogP contribution in [0.5, 0.6) is 0 Å². The summed E-state index contributed by atoms with van der Waals surface area (Å²) < 4.78 is 31.1. The normalized spacial score (nSPS) is 25.2. The number of benzene rings is 1. The lowest BCUT2D eigenvalue weighted by molar-refractivity contribution is 0.356. The van der Waals surface area contributed by atoms with Crippen LogP contribution < -0.4 is 4.90 Å². The zero-order valence-corrected chi connectivity index (χ0v) is 16.2. The van der Waals surface area contributed by atoms with E-state index in [1.807, 2.05) is 37.3 Å². The number of allylic oxidation sites excluding steroid dienone is 1. The van der Waals surface area contributed by atoms with E-state index in [9.17, 15) is 18.8 Å². The molecular formula is C18H19N3O4S2. The Morgan fingerprint density at radius 2 is 2.07 bits per heavy atom. The molecule has 0 amide bonds. The first kappa shape index (κ1) is 19.5. The number of hydrogen-bond donors (Lipinski definition) is 3. The highest BCUT2D eigenvalue weighted by atomic mass is 32.2. The van der Waals surface area contributed by atoms with Crippen LogP contribution in [0, 0.1) is 16.7 Å². The fraction of sp³-hybridized carbons (Fsp3) is 0.333. The number of hydrogen-bond acceptors (Lipinski definition) is 6. The molecule has 0 aromatic heterocycles. The monoisotopic (exact) mass is 405 g/mol. The van der Waals surface area contributed by atoms with Gasteiger partial charge >= 0.3 is 0 Å². The predicted octanol–water partition coefficient (Wildman–Crippen LogP) is 2.90. The van der Waals surface area contributed by atoms with E-state index in [0.29, 0.717) is 5.57 Å². The van der Waals surface area contributed by atoms with Crippen LogP contribution in [0.3, 0.4) is 0 Å². The Morgan fingerprint density at radius 3 is 2.67 bits per heavy atom. The number of nitrogens with one attached hydrogen (secondary N) is 1. The van der Waals surface area contributed by atoms with Crippen LogP contribution >= 0.6 is 11.8 Å². The van der Waals surface area contributed by atoms with Gasteiger partial charge in [-0.05, 0) is 25.1 Å². The van der Waals surface area contributed by atoms with E-state index in [-0.39, 0.29) is 34.6 Å². The second-order valence-corrected chi connectivity index (χ2v) is 9.44. The van der Waals surface area contributed by atoms with Crippen LogP contribution in [0.2, 0.25) is 0 Å². The molecule has 1 aliphatic carbocycles. The van der Waals surface area contributed by atoms with Crippen molar-refractivity contribution in [1.29, 1.82) is 10.7 Å². The molecule has 0 saturated heterocycles. The molecule has 1 heterocycles. The number of para-hydroxylation sites is 1. The topological polar surface area (TPSA) is 125 Å². The van der Waals surface area contributed by atoms with E-state index in [0.717, 1.165) is 5.69 Å². The number of aliphatic hydroxyl groups is 1. The van der Waals surface area contributed by atoms with Crippen molar-refractivity contribution in [3.05, 3.63) is 53.3 Å². The number of anilines is 1. The molecule has 9 heteroatoms. The van der Waals surface area contributed by atoms with Gasteiger partial charge in [-0.3, -0.25) is 9.96 Å². The number of nitrogens with zero attached hydrogens (tertiary/aromatic N) is 2. The van der Waals surface area contributed by atoms with Gasteiger partial charge in [0.15, 0.2) is 0 Å². The molecule has 0 spiro atoms. The summed E-state index contributed by atoms with van der Waals surface area (Å²) in [6, 6.07) is 11.3. The lowest BCUT2D eigenvalue weighted by atomic mass is 9.81. The van der Waals surface area contributed by atoms with Crippen molar-refractivity contribution < 1.29 is 18.1 Å². The number of aliphatic hydroxyl groups excluding tert-OH is 1. The summed E-state index contributed by atoms with van der Waals surface area (Å²) in [5, 5.41) is 28.0. The third kappa shape index (κ3) is 3.48. The van der Waals surface area contributed by atoms with Crippen molar-refractivity contribution in [2.24, 2.45) is 0 Å². The van der Waals surface area contributed by atoms with Crippen molar-refractivity contribution in [3.63, 3.8) is 0 Å². The van der Waals surface area contributed by atoms with Crippen molar-refractivity contribution in [1.82, 2.24) is 0 Å². The average Bonchev–Trinajstić information content (AvgIpc) is 2.81. The van der Waals surface area contributed by atoms with Gasteiger partial charge in [0.25, 0.3) is 10.1 Å². The molecule has 0 saturated carbocycles. The number of rotatable bonds is 5. The minimum atomic E-state index is -4.09. The van der Waals surface area contributed by atoms with E-state index in [1.54, 1.807) is 4.90 Å². The quantitative estimate of drug-likeness (QED) is 0.643. The van der Waals surface area contributed by atoms with Gasteiger partial charge in [0.05, 0.1) is 17.1 Å². The first-order valence-electron chi connectivity index (χ1n) is 8.24. The molecule has 1 aromatic rings. The fourth-order valence-electron chi connectivity index (χ4n) is 3.60. The Bertz CT molecular complexity index is 980. The van der Waals surface area contributed by atoms with Gasteiger partial charge in [-0.25, -0.2) is 0 Å². The van der Waals surface area contributed by atoms with Gasteiger partial charge in [0.2, 0.25) is 0 Å². The molecule has 0 unspecified atom stereocenters. The van der Waals surface area contributed by atoms with Crippen LogP contribution in [-0.4, -0.2) is 46.2 Å². The first-order valence-corrected chi connectivity index (χ1v) is 10.9. The summed E-state index contributed by atoms with van der Waals surface area (Å²) in [6.07, 6.45) is 1.81. The van der Waals surface area contributed by atoms with E-state index in [2.05, 4.69) is 6.07 Å². The Balaban J connectivity index is 2.06. The lowest BCUT2D eigenvalue weighted by Crippen LogP contribution is -2.54. The van der Waals surface area contributed by atoms with Crippen LogP contribution in [0.1, 0.15) is 13.3 Å². The molecule has 0 fully saturated rings. The van der Waals surface area contributed by atoms with Crippen molar-refractivity contribution >= 4 is 33.4 Å². The van der Waals surface area contributed by atoms with E-state index >= 15 is 0 Å². The zero-order chi connectivity index (χ0) is 19.8. The minimum Gasteiger partial charge on any atom is -0.512 e. The third-order valence-electron chi connectivity index (χ3n) is 4.86. The number of amidine groups is 1. The van der Waals surface area contributed by atoms with Crippen molar-refractivity contribution in [2.45, 2.75) is 24.1 Å². The highest BCUT2D eigenvalue weighted by molar-refractivity contribution is 8.00. The second-order valence-electron chi connectivity index (χ2n) is 6.55. The highest BCUT2D eigenvalue weighted by Gasteiger charge is 2.53. The summed E-state index contributed by atoms with van der Waals surface area (Å²) in [7, 11) is -4.09. The maximum atomic E-state index is 11.1. The number of thioether (sulfide) groups is 1. The summed E-state index contributed by atoms with van der Waals surface area (Å²) in [5.41, 5.74) is 0.669. The van der Waals surface area contributed by atoms with E-state index in [1.165, 1.54) is 17.8 Å². The summed E-state index contributed by atoms with van der Waals surface area (Å²) in [5.74, 6) is -0.131. The maximum Gasteiger partial charge on any atom is 0.265 e. The Kier molecular flexibility index (Phi) is 5.08. The molecule has 142 valence electrons. The van der Waals surface area contributed by atoms with E-state index in [4.69, 9.17) is 9.96 Å². The SMILES string of the molecule is C[C@@]12C(=C(C#N)C(=N)N1c1ccccc1)C=C(O)C[C@H]2SCCS(=O)(=O)O. The van der Waals surface area contributed by atoms with Crippen molar-refractivity contribution in [2.75, 3.05) is 16.4 Å². The molecule has 1 aromatic carbocycles. The second kappa shape index (κ2) is 7.03. The highest BCUT2D eigenvalue weighted by Crippen LogP contribution is 2.49. The maximum absolute atomic E-state index is 11.1. The Morgan fingerprint density at radius 1 is 1.41 bits per heavy atom. The molecule has 2 aliphatic rings.